The second-order valence-electron chi connectivity index (χ2n) is 7.40. The topological polar surface area (TPSA) is 69.7 Å². The highest BCUT2D eigenvalue weighted by molar-refractivity contribution is 7.89. The maximum absolute atomic E-state index is 13.2. The molecule has 2 aromatic carbocycles. The summed E-state index contributed by atoms with van der Waals surface area (Å²) in [5.74, 6) is -0.0567. The Bertz CT molecular complexity index is 1050. The molecule has 0 bridgehead atoms. The number of hydrogen-bond donors (Lipinski definition) is 1. The van der Waals surface area contributed by atoms with Gasteiger partial charge in [-0.15, -0.1) is 0 Å². The van der Waals surface area contributed by atoms with E-state index in [4.69, 9.17) is 23.2 Å². The molecule has 1 amide bonds. The molecule has 9 heteroatoms. The van der Waals surface area contributed by atoms with E-state index in [-0.39, 0.29) is 28.9 Å². The highest BCUT2D eigenvalue weighted by atomic mass is 35.5. The molecule has 1 spiro atoms. The van der Waals surface area contributed by atoms with Crippen molar-refractivity contribution in [1.82, 2.24) is 9.62 Å². The van der Waals surface area contributed by atoms with Gasteiger partial charge in [0.15, 0.2) is 0 Å². The summed E-state index contributed by atoms with van der Waals surface area (Å²) in [6, 6.07) is 12.7. The third kappa shape index (κ3) is 3.40. The Labute approximate surface area is 180 Å². The number of rotatable bonds is 3. The molecular formula is C20H21Cl2N3O3S. The summed E-state index contributed by atoms with van der Waals surface area (Å²) >= 11 is 12.2. The van der Waals surface area contributed by atoms with E-state index in [1.807, 2.05) is 35.2 Å². The third-order valence-electron chi connectivity index (χ3n) is 5.79. The zero-order chi connectivity index (χ0) is 20.8. The van der Waals surface area contributed by atoms with E-state index in [0.717, 1.165) is 5.69 Å². The van der Waals surface area contributed by atoms with E-state index in [1.54, 1.807) is 6.92 Å². The highest BCUT2D eigenvalue weighted by Gasteiger charge is 2.51. The van der Waals surface area contributed by atoms with E-state index in [0.29, 0.717) is 30.1 Å². The molecule has 2 fully saturated rings. The molecule has 2 aromatic rings. The first kappa shape index (κ1) is 20.5. The van der Waals surface area contributed by atoms with Crippen molar-refractivity contribution in [2.45, 2.75) is 30.2 Å². The number of sulfonamides is 1. The summed E-state index contributed by atoms with van der Waals surface area (Å²) in [7, 11) is -3.79. The summed E-state index contributed by atoms with van der Waals surface area (Å²) in [6.45, 7) is 2.62. The summed E-state index contributed by atoms with van der Waals surface area (Å²) in [5, 5.41) is 3.45. The number of benzene rings is 2. The Hall–Kier alpha value is -1.80. The smallest absolute Gasteiger partial charge is 0.247 e. The molecule has 2 saturated heterocycles. The van der Waals surface area contributed by atoms with Crippen molar-refractivity contribution in [2.75, 3.05) is 24.7 Å². The first-order chi connectivity index (χ1) is 13.8. The molecule has 6 nitrogen and oxygen atoms in total. The molecule has 0 aromatic heterocycles. The van der Waals surface area contributed by atoms with Gasteiger partial charge in [-0.3, -0.25) is 4.79 Å². The monoisotopic (exact) mass is 453 g/mol. The number of anilines is 1. The minimum Gasteiger partial charge on any atom is -0.339 e. The van der Waals surface area contributed by atoms with Crippen molar-refractivity contribution in [1.29, 1.82) is 0 Å². The summed E-state index contributed by atoms with van der Waals surface area (Å²) in [6.07, 6.45) is 0.800. The minimum absolute atomic E-state index is 0.0489. The molecule has 154 valence electrons. The van der Waals surface area contributed by atoms with Crippen LogP contribution >= 0.6 is 23.2 Å². The molecule has 0 saturated carbocycles. The number of carbonyl (C=O) groups is 1. The van der Waals surface area contributed by atoms with Crippen molar-refractivity contribution in [3.8, 4) is 0 Å². The van der Waals surface area contributed by atoms with Crippen LogP contribution in [0.15, 0.2) is 47.4 Å². The van der Waals surface area contributed by atoms with Crippen LogP contribution in [0.3, 0.4) is 0 Å². The predicted octanol–water partition coefficient (Wildman–Crippen LogP) is 3.42. The number of aryl methyl sites for hydroxylation is 1. The van der Waals surface area contributed by atoms with Gasteiger partial charge in [0, 0.05) is 23.8 Å². The van der Waals surface area contributed by atoms with E-state index < -0.39 is 15.6 Å². The van der Waals surface area contributed by atoms with Crippen LogP contribution in [0.2, 0.25) is 10.0 Å². The molecule has 0 unspecified atom stereocenters. The predicted molar refractivity (Wildman–Crippen MR) is 114 cm³/mol. The first-order valence-corrected chi connectivity index (χ1v) is 11.5. The third-order valence-corrected chi connectivity index (χ3v) is 8.56. The fourth-order valence-electron chi connectivity index (χ4n) is 4.10. The summed E-state index contributed by atoms with van der Waals surface area (Å²) < 4.78 is 27.8. The number of halogens is 2. The second-order valence-corrected chi connectivity index (χ2v) is 10.1. The van der Waals surface area contributed by atoms with Gasteiger partial charge >= 0.3 is 0 Å². The van der Waals surface area contributed by atoms with Crippen LogP contribution in [0.1, 0.15) is 18.4 Å². The Morgan fingerprint density at radius 3 is 2.34 bits per heavy atom. The Balaban J connectivity index is 1.60. The van der Waals surface area contributed by atoms with Crippen LogP contribution in [0.5, 0.6) is 0 Å². The molecule has 2 heterocycles. The van der Waals surface area contributed by atoms with Gasteiger partial charge in [0.1, 0.15) is 10.4 Å². The lowest BCUT2D eigenvalue weighted by Crippen LogP contribution is -2.57. The molecule has 2 aliphatic rings. The maximum Gasteiger partial charge on any atom is 0.247 e. The average molecular weight is 454 g/mol. The fourth-order valence-corrected chi connectivity index (χ4v) is 6.34. The number of hydrogen-bond acceptors (Lipinski definition) is 4. The van der Waals surface area contributed by atoms with Crippen molar-refractivity contribution in [3.05, 3.63) is 58.1 Å². The number of nitrogens with one attached hydrogen (secondary N) is 1. The zero-order valence-electron chi connectivity index (χ0n) is 15.9. The average Bonchev–Trinajstić information content (AvgIpc) is 3.01. The second kappa shape index (κ2) is 7.47. The highest BCUT2D eigenvalue weighted by Crippen LogP contribution is 2.38. The zero-order valence-corrected chi connectivity index (χ0v) is 18.2. The molecule has 0 radical (unpaired) electrons. The lowest BCUT2D eigenvalue weighted by molar-refractivity contribution is -0.124. The van der Waals surface area contributed by atoms with Gasteiger partial charge in [0.2, 0.25) is 15.9 Å². The Kier molecular flexibility index (Phi) is 5.27. The SMILES string of the molecule is Cc1cc(S(=O)(=O)N2CCC3(CC2)C(=O)NCN3c2ccccc2)c(Cl)cc1Cl. The van der Waals surface area contributed by atoms with Gasteiger partial charge in [-0.1, -0.05) is 41.4 Å². The molecule has 1 N–H and O–H groups in total. The summed E-state index contributed by atoms with van der Waals surface area (Å²) in [5.41, 5.74) is 0.847. The van der Waals surface area contributed by atoms with Crippen LogP contribution in [0.25, 0.3) is 0 Å². The lowest BCUT2D eigenvalue weighted by Gasteiger charge is -2.42. The van der Waals surface area contributed by atoms with Crippen molar-refractivity contribution >= 4 is 44.8 Å². The minimum atomic E-state index is -3.79. The van der Waals surface area contributed by atoms with Crippen molar-refractivity contribution in [3.63, 3.8) is 0 Å². The van der Waals surface area contributed by atoms with E-state index in [9.17, 15) is 13.2 Å². The quantitative estimate of drug-likeness (QED) is 0.772. The van der Waals surface area contributed by atoms with Crippen molar-refractivity contribution < 1.29 is 13.2 Å². The van der Waals surface area contributed by atoms with Crippen LogP contribution in [0, 0.1) is 6.92 Å². The normalized spacial score (nSPS) is 19.6. The van der Waals surface area contributed by atoms with Gasteiger partial charge in [0.05, 0.1) is 11.7 Å². The molecule has 29 heavy (non-hydrogen) atoms. The number of nitrogens with zero attached hydrogens (tertiary/aromatic N) is 2. The lowest BCUT2D eigenvalue weighted by atomic mass is 9.86. The largest absolute Gasteiger partial charge is 0.339 e. The Morgan fingerprint density at radius 1 is 1.03 bits per heavy atom. The van der Waals surface area contributed by atoms with Crippen LogP contribution < -0.4 is 10.2 Å². The number of para-hydroxylation sites is 1. The molecule has 0 atom stereocenters. The van der Waals surface area contributed by atoms with E-state index in [1.165, 1.54) is 16.4 Å². The summed E-state index contributed by atoms with van der Waals surface area (Å²) in [4.78, 5) is 14.8. The van der Waals surface area contributed by atoms with Gasteiger partial charge in [-0.25, -0.2) is 8.42 Å². The van der Waals surface area contributed by atoms with Gasteiger partial charge in [-0.2, -0.15) is 4.31 Å². The maximum atomic E-state index is 13.2. The number of piperidine rings is 1. The van der Waals surface area contributed by atoms with Crippen LogP contribution in [-0.4, -0.2) is 43.9 Å². The fraction of sp³-hybridized carbons (Fsp3) is 0.350. The molecule has 0 aliphatic carbocycles. The Morgan fingerprint density at radius 2 is 1.69 bits per heavy atom. The van der Waals surface area contributed by atoms with E-state index >= 15 is 0 Å². The molecule has 2 aliphatic heterocycles. The van der Waals surface area contributed by atoms with Gasteiger partial charge < -0.3 is 10.2 Å². The van der Waals surface area contributed by atoms with Gasteiger partial charge in [-0.05, 0) is 49.6 Å². The number of carbonyl (C=O) groups excluding carboxylic acids is 1. The first-order valence-electron chi connectivity index (χ1n) is 9.32. The van der Waals surface area contributed by atoms with Crippen molar-refractivity contribution in [2.24, 2.45) is 0 Å². The van der Waals surface area contributed by atoms with Crippen LogP contribution in [-0.2, 0) is 14.8 Å². The number of amides is 1. The molecule has 4 rings (SSSR count). The van der Waals surface area contributed by atoms with E-state index in [2.05, 4.69) is 5.32 Å². The van der Waals surface area contributed by atoms with Crippen LogP contribution in [0.4, 0.5) is 5.69 Å². The van der Waals surface area contributed by atoms with Gasteiger partial charge in [0.25, 0.3) is 0 Å². The molecular weight excluding hydrogens is 433 g/mol. The standard InChI is InChI=1S/C20H21Cl2N3O3S/c1-14-11-18(17(22)12-16(14)21)29(27,28)24-9-7-20(8-10-24)19(26)23-13-25(20)15-5-3-2-4-6-15/h2-6,11-12H,7-10,13H2,1H3,(H,23,26).